The van der Waals surface area contributed by atoms with Crippen molar-refractivity contribution in [2.75, 3.05) is 7.11 Å². The second-order valence-electron chi connectivity index (χ2n) is 7.42. The second-order valence-corrected chi connectivity index (χ2v) is 7.42. The van der Waals surface area contributed by atoms with Crippen molar-refractivity contribution in [2.45, 2.75) is 6.61 Å². The number of nitrogens with zero attached hydrogens (tertiary/aromatic N) is 2. The lowest BCUT2D eigenvalue weighted by molar-refractivity contribution is -0.385. The Hall–Kier alpha value is -4.65. The van der Waals surface area contributed by atoms with Crippen LogP contribution in [0.15, 0.2) is 97.3 Å². The summed E-state index contributed by atoms with van der Waals surface area (Å²) in [5, 5.41) is 11.2. The fourth-order valence-corrected chi connectivity index (χ4v) is 3.50. The summed E-state index contributed by atoms with van der Waals surface area (Å²) in [6, 6.07) is 22.9. The number of allylic oxidation sites excluding steroid dienone is 1. The largest absolute Gasteiger partial charge is 0.496 e. The Morgan fingerprint density at radius 3 is 2.53 bits per heavy atom. The minimum Gasteiger partial charge on any atom is -0.496 e. The highest BCUT2D eigenvalue weighted by atomic mass is 16.6. The van der Waals surface area contributed by atoms with Crippen LogP contribution in [0.2, 0.25) is 0 Å². The zero-order valence-electron chi connectivity index (χ0n) is 18.5. The molecular weight excluding hydrogens is 432 g/mol. The topological polar surface area (TPSA) is 83.6 Å². The number of nitro groups is 1. The summed E-state index contributed by atoms with van der Waals surface area (Å²) in [5.41, 5.74) is 2.85. The van der Waals surface area contributed by atoms with Gasteiger partial charge >= 0.3 is 5.69 Å². The Morgan fingerprint density at radius 2 is 1.76 bits per heavy atom. The van der Waals surface area contributed by atoms with Crippen molar-refractivity contribution in [3.8, 4) is 17.2 Å². The lowest BCUT2D eigenvalue weighted by Gasteiger charge is -2.11. The maximum Gasteiger partial charge on any atom is 0.310 e. The SMILES string of the molecule is COc1ccc(/C=C/C(=O)c2cccc(-n3cccc3)c2)cc1COc1ccccc1[N+](=O)[O-]. The first-order chi connectivity index (χ1) is 16.5. The monoisotopic (exact) mass is 454 g/mol. The summed E-state index contributed by atoms with van der Waals surface area (Å²) in [4.78, 5) is 23.5. The molecule has 7 heteroatoms. The number of carbonyl (C=O) groups excluding carboxylic acids is 1. The third-order valence-electron chi connectivity index (χ3n) is 5.21. The van der Waals surface area contributed by atoms with E-state index in [0.717, 1.165) is 11.3 Å². The number of benzene rings is 3. The van der Waals surface area contributed by atoms with E-state index in [1.807, 2.05) is 59.4 Å². The van der Waals surface area contributed by atoms with E-state index < -0.39 is 4.92 Å². The predicted octanol–water partition coefficient (Wildman–Crippen LogP) is 5.87. The third-order valence-corrected chi connectivity index (χ3v) is 5.21. The summed E-state index contributed by atoms with van der Waals surface area (Å²) >= 11 is 0. The smallest absolute Gasteiger partial charge is 0.310 e. The van der Waals surface area contributed by atoms with Crippen LogP contribution in [0.25, 0.3) is 11.8 Å². The predicted molar refractivity (Wildman–Crippen MR) is 130 cm³/mol. The van der Waals surface area contributed by atoms with Gasteiger partial charge in [-0.3, -0.25) is 14.9 Å². The van der Waals surface area contributed by atoms with Gasteiger partial charge in [0.1, 0.15) is 12.4 Å². The van der Waals surface area contributed by atoms with Crippen LogP contribution in [0.1, 0.15) is 21.5 Å². The maximum absolute atomic E-state index is 12.8. The van der Waals surface area contributed by atoms with Crippen LogP contribution in [-0.2, 0) is 6.61 Å². The standard InChI is InChI=1S/C27H22N2O5/c1-33-26-14-12-20(17-22(26)19-34-27-10-3-2-9-24(27)29(31)32)11-13-25(30)21-7-6-8-23(18-21)28-15-4-5-16-28/h2-18H,19H2,1H3/b13-11+. The summed E-state index contributed by atoms with van der Waals surface area (Å²) in [6.07, 6.45) is 7.08. The Balaban J connectivity index is 1.51. The highest BCUT2D eigenvalue weighted by molar-refractivity contribution is 6.07. The van der Waals surface area contributed by atoms with Crippen molar-refractivity contribution in [3.05, 3.63) is 124 Å². The van der Waals surface area contributed by atoms with E-state index in [4.69, 9.17) is 9.47 Å². The molecule has 0 atom stereocenters. The van der Waals surface area contributed by atoms with Gasteiger partial charge in [-0.05, 0) is 54.1 Å². The number of hydrogen-bond acceptors (Lipinski definition) is 5. The lowest BCUT2D eigenvalue weighted by Crippen LogP contribution is -2.01. The molecule has 0 radical (unpaired) electrons. The van der Waals surface area contributed by atoms with Crippen molar-refractivity contribution in [3.63, 3.8) is 0 Å². The van der Waals surface area contributed by atoms with Crippen LogP contribution >= 0.6 is 0 Å². The van der Waals surface area contributed by atoms with Crippen LogP contribution in [-0.4, -0.2) is 22.4 Å². The minimum atomic E-state index is -0.483. The molecule has 0 unspecified atom stereocenters. The summed E-state index contributed by atoms with van der Waals surface area (Å²) in [5.74, 6) is 0.636. The molecule has 4 aromatic rings. The Labute approximate surface area is 196 Å². The van der Waals surface area contributed by atoms with Gasteiger partial charge in [0.2, 0.25) is 0 Å². The zero-order valence-corrected chi connectivity index (χ0v) is 18.5. The molecule has 0 saturated heterocycles. The average Bonchev–Trinajstić information content (AvgIpc) is 3.41. The molecule has 0 aliphatic heterocycles. The molecule has 170 valence electrons. The third kappa shape index (κ3) is 5.21. The molecule has 3 aromatic carbocycles. The molecule has 0 N–H and O–H groups in total. The number of ether oxygens (including phenoxy) is 2. The van der Waals surface area contributed by atoms with Crippen molar-refractivity contribution in [2.24, 2.45) is 0 Å². The number of nitro benzene ring substituents is 1. The molecule has 7 nitrogen and oxygen atoms in total. The number of carbonyl (C=O) groups is 1. The molecule has 0 aliphatic carbocycles. The van der Waals surface area contributed by atoms with Crippen molar-refractivity contribution >= 4 is 17.5 Å². The summed E-state index contributed by atoms with van der Waals surface area (Å²) in [6.45, 7) is 0.0720. The number of methoxy groups -OCH3 is 1. The summed E-state index contributed by atoms with van der Waals surface area (Å²) in [7, 11) is 1.54. The van der Waals surface area contributed by atoms with E-state index in [0.29, 0.717) is 16.9 Å². The highest BCUT2D eigenvalue weighted by Gasteiger charge is 2.15. The van der Waals surface area contributed by atoms with E-state index in [9.17, 15) is 14.9 Å². The van der Waals surface area contributed by atoms with E-state index in [2.05, 4.69) is 0 Å². The van der Waals surface area contributed by atoms with Crippen LogP contribution in [0, 0.1) is 10.1 Å². The molecule has 0 spiro atoms. The van der Waals surface area contributed by atoms with Gasteiger partial charge < -0.3 is 14.0 Å². The second kappa shape index (κ2) is 10.3. The lowest BCUT2D eigenvalue weighted by atomic mass is 10.1. The Morgan fingerprint density at radius 1 is 0.971 bits per heavy atom. The fourth-order valence-electron chi connectivity index (χ4n) is 3.50. The molecule has 0 saturated carbocycles. The van der Waals surface area contributed by atoms with Crippen LogP contribution in [0.5, 0.6) is 11.5 Å². The Bertz CT molecular complexity index is 1340. The van der Waals surface area contributed by atoms with E-state index in [1.54, 1.807) is 43.5 Å². The number of ketones is 1. The van der Waals surface area contributed by atoms with Crippen LogP contribution < -0.4 is 9.47 Å². The van der Waals surface area contributed by atoms with E-state index in [-0.39, 0.29) is 23.8 Å². The van der Waals surface area contributed by atoms with Gasteiger partial charge in [-0.25, -0.2) is 0 Å². The molecule has 4 rings (SSSR count). The average molecular weight is 454 g/mol. The van der Waals surface area contributed by atoms with Gasteiger partial charge in [-0.15, -0.1) is 0 Å². The maximum atomic E-state index is 12.8. The van der Waals surface area contributed by atoms with Gasteiger partial charge in [0.15, 0.2) is 11.5 Å². The van der Waals surface area contributed by atoms with Crippen molar-refractivity contribution < 1.29 is 19.2 Å². The molecular formula is C27H22N2O5. The first-order valence-electron chi connectivity index (χ1n) is 10.5. The normalized spacial score (nSPS) is 10.9. The van der Waals surface area contributed by atoms with E-state index >= 15 is 0 Å². The number of para-hydroxylation sites is 2. The fraction of sp³-hybridized carbons (Fsp3) is 0.0741. The minimum absolute atomic E-state index is 0.0720. The van der Waals surface area contributed by atoms with Crippen LogP contribution in [0.4, 0.5) is 5.69 Å². The van der Waals surface area contributed by atoms with Gasteiger partial charge in [-0.2, -0.15) is 0 Å². The number of hydrogen-bond donors (Lipinski definition) is 0. The van der Waals surface area contributed by atoms with Gasteiger partial charge in [0.05, 0.1) is 12.0 Å². The number of aromatic nitrogens is 1. The number of rotatable bonds is 9. The first-order valence-corrected chi connectivity index (χ1v) is 10.5. The van der Waals surface area contributed by atoms with Crippen LogP contribution in [0.3, 0.4) is 0 Å². The summed E-state index contributed by atoms with van der Waals surface area (Å²) < 4.78 is 13.1. The molecule has 1 heterocycles. The van der Waals surface area contributed by atoms with E-state index in [1.165, 1.54) is 12.1 Å². The Kier molecular flexibility index (Phi) is 6.84. The zero-order chi connectivity index (χ0) is 23.9. The highest BCUT2D eigenvalue weighted by Crippen LogP contribution is 2.29. The molecule has 1 aromatic heterocycles. The van der Waals surface area contributed by atoms with Crippen molar-refractivity contribution in [1.82, 2.24) is 4.57 Å². The quantitative estimate of drug-likeness (QED) is 0.137. The first kappa shape index (κ1) is 22.5. The van der Waals surface area contributed by atoms with Gasteiger partial charge in [-0.1, -0.05) is 36.4 Å². The molecule has 0 fully saturated rings. The van der Waals surface area contributed by atoms with Gasteiger partial charge in [0.25, 0.3) is 0 Å². The molecule has 34 heavy (non-hydrogen) atoms. The van der Waals surface area contributed by atoms with Crippen molar-refractivity contribution in [1.29, 1.82) is 0 Å². The molecule has 0 amide bonds. The molecule has 0 bridgehead atoms. The molecule has 0 aliphatic rings. The van der Waals surface area contributed by atoms with Gasteiger partial charge in [0, 0.05) is 35.3 Å².